The number of hydrogen-bond acceptors (Lipinski definition) is 2. The molecular weight excluding hydrogens is 327 g/mol. The Morgan fingerprint density at radius 2 is 1.52 bits per heavy atom. The molecule has 0 saturated heterocycles. The number of fused-ring (bicyclic) bond motifs is 1. The molecule has 3 nitrogen and oxygen atoms in total. The number of nitrogens with one attached hydrogen (secondary N) is 1. The standard InChI is InChI=1S/C19H12F3N3/c20-19(21,22)17-11-16(24-25-17)18-14-9-5-4-8-13(14)10-15(23-18)12-6-2-1-3-7-12/h1-11H,(H,24,25). The summed E-state index contributed by atoms with van der Waals surface area (Å²) in [6.07, 6.45) is -4.47. The van der Waals surface area contributed by atoms with Gasteiger partial charge < -0.3 is 0 Å². The molecule has 4 aromatic rings. The number of benzene rings is 2. The van der Waals surface area contributed by atoms with Gasteiger partial charge in [0.05, 0.1) is 11.4 Å². The lowest BCUT2D eigenvalue weighted by atomic mass is 10.0. The Morgan fingerprint density at radius 1 is 0.800 bits per heavy atom. The number of pyridine rings is 1. The number of H-pyrrole nitrogens is 1. The lowest BCUT2D eigenvalue weighted by Gasteiger charge is -2.08. The Bertz CT molecular complexity index is 1040. The summed E-state index contributed by atoms with van der Waals surface area (Å²) >= 11 is 0. The lowest BCUT2D eigenvalue weighted by molar-refractivity contribution is -0.141. The summed E-state index contributed by atoms with van der Waals surface area (Å²) in [6, 6.07) is 19.9. The van der Waals surface area contributed by atoms with E-state index in [0.717, 1.165) is 22.4 Å². The second-order valence-electron chi connectivity index (χ2n) is 5.61. The molecule has 1 N–H and O–H groups in total. The monoisotopic (exact) mass is 339 g/mol. The van der Waals surface area contributed by atoms with Crippen LogP contribution in [0.1, 0.15) is 5.69 Å². The Morgan fingerprint density at radius 3 is 2.24 bits per heavy atom. The van der Waals surface area contributed by atoms with E-state index in [-0.39, 0.29) is 5.69 Å². The molecule has 0 aliphatic heterocycles. The zero-order valence-corrected chi connectivity index (χ0v) is 12.9. The van der Waals surface area contributed by atoms with Gasteiger partial charge >= 0.3 is 6.18 Å². The number of aromatic nitrogens is 3. The van der Waals surface area contributed by atoms with Gasteiger partial charge in [0.15, 0.2) is 0 Å². The fourth-order valence-corrected chi connectivity index (χ4v) is 2.74. The van der Waals surface area contributed by atoms with Crippen molar-refractivity contribution < 1.29 is 13.2 Å². The molecule has 25 heavy (non-hydrogen) atoms. The fraction of sp³-hybridized carbons (Fsp3) is 0.0526. The molecule has 0 unspecified atom stereocenters. The normalized spacial score (nSPS) is 11.8. The smallest absolute Gasteiger partial charge is 0.273 e. The van der Waals surface area contributed by atoms with Crippen molar-refractivity contribution in [2.24, 2.45) is 0 Å². The number of halogens is 3. The summed E-state index contributed by atoms with van der Waals surface area (Å²) in [7, 11) is 0. The summed E-state index contributed by atoms with van der Waals surface area (Å²) < 4.78 is 38.7. The Balaban J connectivity index is 1.94. The first-order valence-electron chi connectivity index (χ1n) is 7.60. The second kappa shape index (κ2) is 5.73. The number of rotatable bonds is 2. The highest BCUT2D eigenvalue weighted by molar-refractivity contribution is 5.96. The van der Waals surface area contributed by atoms with Gasteiger partial charge in [-0.25, -0.2) is 4.98 Å². The van der Waals surface area contributed by atoms with Gasteiger partial charge in [0, 0.05) is 10.9 Å². The summed E-state index contributed by atoms with van der Waals surface area (Å²) in [5, 5.41) is 7.53. The molecule has 4 rings (SSSR count). The quantitative estimate of drug-likeness (QED) is 0.538. The van der Waals surface area contributed by atoms with Crippen molar-refractivity contribution in [1.82, 2.24) is 15.2 Å². The van der Waals surface area contributed by atoms with Crippen molar-refractivity contribution in [3.8, 4) is 22.6 Å². The van der Waals surface area contributed by atoms with Gasteiger partial charge in [-0.05, 0) is 17.5 Å². The molecule has 0 atom stereocenters. The first kappa shape index (κ1) is 15.4. The van der Waals surface area contributed by atoms with Gasteiger partial charge in [0.25, 0.3) is 0 Å². The van der Waals surface area contributed by atoms with Crippen LogP contribution < -0.4 is 0 Å². The van der Waals surface area contributed by atoms with Crippen LogP contribution in [-0.2, 0) is 6.18 Å². The van der Waals surface area contributed by atoms with Gasteiger partial charge in [0.2, 0.25) is 0 Å². The van der Waals surface area contributed by atoms with Crippen LogP contribution in [0.2, 0.25) is 0 Å². The predicted octanol–water partition coefficient (Wildman–Crippen LogP) is 5.31. The molecule has 2 aromatic heterocycles. The Hall–Kier alpha value is -3.15. The maximum Gasteiger partial charge on any atom is 0.432 e. The Kier molecular flexibility index (Phi) is 3.53. The third-order valence-electron chi connectivity index (χ3n) is 3.94. The van der Waals surface area contributed by atoms with Crippen molar-refractivity contribution >= 4 is 10.8 Å². The predicted molar refractivity (Wildman–Crippen MR) is 89.8 cm³/mol. The van der Waals surface area contributed by atoms with Crippen LogP contribution >= 0.6 is 0 Å². The van der Waals surface area contributed by atoms with Crippen molar-refractivity contribution in [3.63, 3.8) is 0 Å². The largest absolute Gasteiger partial charge is 0.432 e. The molecular formula is C19H12F3N3. The van der Waals surface area contributed by atoms with E-state index in [2.05, 4.69) is 15.2 Å². The van der Waals surface area contributed by atoms with E-state index >= 15 is 0 Å². The molecule has 0 aliphatic carbocycles. The third-order valence-corrected chi connectivity index (χ3v) is 3.94. The Labute approximate surface area is 141 Å². The second-order valence-corrected chi connectivity index (χ2v) is 5.61. The molecule has 2 heterocycles. The van der Waals surface area contributed by atoms with Crippen LogP contribution in [-0.4, -0.2) is 15.2 Å². The van der Waals surface area contributed by atoms with Gasteiger partial charge in [0.1, 0.15) is 11.4 Å². The molecule has 0 saturated carbocycles. The van der Waals surface area contributed by atoms with Crippen molar-refractivity contribution in [1.29, 1.82) is 0 Å². The third kappa shape index (κ3) is 2.87. The van der Waals surface area contributed by atoms with Crippen LogP contribution in [0.5, 0.6) is 0 Å². The molecule has 2 aromatic carbocycles. The van der Waals surface area contributed by atoms with Crippen molar-refractivity contribution in [3.05, 3.63) is 72.4 Å². The maximum atomic E-state index is 12.9. The maximum absolute atomic E-state index is 12.9. The summed E-state index contributed by atoms with van der Waals surface area (Å²) in [5.41, 5.74) is 1.27. The number of alkyl halides is 3. The molecule has 0 fully saturated rings. The van der Waals surface area contributed by atoms with E-state index < -0.39 is 11.9 Å². The van der Waals surface area contributed by atoms with E-state index in [9.17, 15) is 13.2 Å². The molecule has 0 amide bonds. The van der Waals surface area contributed by atoms with Gasteiger partial charge in [-0.3, -0.25) is 5.10 Å². The topological polar surface area (TPSA) is 41.6 Å². The number of aromatic amines is 1. The first-order chi connectivity index (χ1) is 12.0. The molecule has 0 aliphatic rings. The van der Waals surface area contributed by atoms with E-state index in [1.54, 1.807) is 0 Å². The molecule has 0 radical (unpaired) electrons. The molecule has 6 heteroatoms. The summed E-state index contributed by atoms with van der Waals surface area (Å²) in [5.74, 6) is 0. The average molecular weight is 339 g/mol. The zero-order chi connectivity index (χ0) is 17.4. The highest BCUT2D eigenvalue weighted by atomic mass is 19.4. The van der Waals surface area contributed by atoms with Gasteiger partial charge in [-0.1, -0.05) is 54.6 Å². The van der Waals surface area contributed by atoms with Crippen LogP contribution in [0.4, 0.5) is 13.2 Å². The minimum atomic E-state index is -4.47. The minimum Gasteiger partial charge on any atom is -0.273 e. The van der Waals surface area contributed by atoms with E-state index in [1.807, 2.05) is 60.7 Å². The molecule has 0 spiro atoms. The molecule has 124 valence electrons. The highest BCUT2D eigenvalue weighted by Gasteiger charge is 2.33. The van der Waals surface area contributed by atoms with E-state index in [4.69, 9.17) is 0 Å². The summed E-state index contributed by atoms with van der Waals surface area (Å²) in [6.45, 7) is 0. The zero-order valence-electron chi connectivity index (χ0n) is 12.9. The van der Waals surface area contributed by atoms with E-state index in [1.165, 1.54) is 0 Å². The van der Waals surface area contributed by atoms with E-state index in [0.29, 0.717) is 11.4 Å². The van der Waals surface area contributed by atoms with Crippen LogP contribution in [0, 0.1) is 0 Å². The van der Waals surface area contributed by atoms with Crippen LogP contribution in [0.3, 0.4) is 0 Å². The summed E-state index contributed by atoms with van der Waals surface area (Å²) in [4.78, 5) is 4.59. The minimum absolute atomic E-state index is 0.168. The number of nitrogens with zero attached hydrogens (tertiary/aromatic N) is 2. The lowest BCUT2D eigenvalue weighted by Crippen LogP contribution is -2.04. The van der Waals surface area contributed by atoms with Crippen LogP contribution in [0.15, 0.2) is 66.7 Å². The fourth-order valence-electron chi connectivity index (χ4n) is 2.74. The highest BCUT2D eigenvalue weighted by Crippen LogP contribution is 2.33. The van der Waals surface area contributed by atoms with Gasteiger partial charge in [-0.2, -0.15) is 18.3 Å². The molecule has 0 bridgehead atoms. The first-order valence-corrected chi connectivity index (χ1v) is 7.60. The SMILES string of the molecule is FC(F)(F)c1cc(-c2nc(-c3ccccc3)cc3ccccc23)n[nH]1. The van der Waals surface area contributed by atoms with Crippen molar-refractivity contribution in [2.75, 3.05) is 0 Å². The van der Waals surface area contributed by atoms with Crippen LogP contribution in [0.25, 0.3) is 33.4 Å². The number of hydrogen-bond donors (Lipinski definition) is 1. The average Bonchev–Trinajstić information content (AvgIpc) is 3.12. The van der Waals surface area contributed by atoms with Crippen molar-refractivity contribution in [2.45, 2.75) is 6.18 Å². The van der Waals surface area contributed by atoms with Gasteiger partial charge in [-0.15, -0.1) is 0 Å².